The summed E-state index contributed by atoms with van der Waals surface area (Å²) >= 11 is 0. The molecule has 1 heterocycles. The van der Waals surface area contributed by atoms with Gasteiger partial charge in [-0.25, -0.2) is 9.59 Å². The maximum atomic E-state index is 11.9. The number of imide groups is 1. The van der Waals surface area contributed by atoms with E-state index in [2.05, 4.69) is 17.5 Å². The lowest BCUT2D eigenvalue weighted by molar-refractivity contribution is -0.198. The average molecular weight is 691 g/mol. The first kappa shape index (κ1) is 41.5. The van der Waals surface area contributed by atoms with Crippen LogP contribution in [0, 0.1) is 0 Å². The summed E-state index contributed by atoms with van der Waals surface area (Å²) in [5.41, 5.74) is 0. The highest BCUT2D eigenvalue weighted by molar-refractivity contribution is 6.01. The van der Waals surface area contributed by atoms with Crippen molar-refractivity contribution in [3.05, 3.63) is 12.2 Å². The van der Waals surface area contributed by atoms with Gasteiger partial charge in [-0.2, -0.15) is 0 Å². The van der Waals surface area contributed by atoms with E-state index in [1.165, 1.54) is 0 Å². The van der Waals surface area contributed by atoms with Crippen LogP contribution < -0.4 is 5.32 Å². The second-order valence-corrected chi connectivity index (χ2v) is 10.6. The molecule has 1 saturated heterocycles. The molecule has 0 radical (unpaired) electrons. The van der Waals surface area contributed by atoms with Crippen LogP contribution in [0.5, 0.6) is 0 Å². The van der Waals surface area contributed by atoms with Crippen molar-refractivity contribution in [3.8, 4) is 0 Å². The number of alkyl carbamates (subject to hydrolysis) is 1. The molecule has 1 N–H and O–H groups in total. The van der Waals surface area contributed by atoms with E-state index in [1.54, 1.807) is 0 Å². The SMILES string of the molecule is O=C(CCOCCOCCOCCOCCOCCOCCOCCOCCNC(=O)OC1CC/C=C\CCC1)ON1C(=O)CCC1=O. The Morgan fingerprint density at radius 3 is 1.54 bits per heavy atom. The first-order valence-electron chi connectivity index (χ1n) is 16.8. The molecule has 48 heavy (non-hydrogen) atoms. The molecule has 1 atom stereocenters. The van der Waals surface area contributed by atoms with Gasteiger partial charge in [0.25, 0.3) is 11.8 Å². The van der Waals surface area contributed by atoms with Gasteiger partial charge >= 0.3 is 12.1 Å². The molecular weight excluding hydrogens is 636 g/mol. The van der Waals surface area contributed by atoms with Gasteiger partial charge in [0.1, 0.15) is 6.10 Å². The molecule has 0 saturated carbocycles. The molecule has 2 rings (SSSR count). The minimum absolute atomic E-state index is 0.0176. The number of hydroxylamine groups is 2. The van der Waals surface area contributed by atoms with Crippen molar-refractivity contribution in [1.82, 2.24) is 10.4 Å². The van der Waals surface area contributed by atoms with Gasteiger partial charge in [0, 0.05) is 19.4 Å². The molecule has 1 unspecified atom stereocenters. The van der Waals surface area contributed by atoms with Crippen molar-refractivity contribution in [2.75, 3.05) is 112 Å². The van der Waals surface area contributed by atoms with E-state index >= 15 is 0 Å². The Balaban J connectivity index is 1.19. The molecule has 1 fully saturated rings. The Kier molecular flexibility index (Phi) is 25.3. The van der Waals surface area contributed by atoms with E-state index in [-0.39, 0.29) is 44.7 Å². The summed E-state index contributed by atoms with van der Waals surface area (Å²) in [6.45, 7) is 6.80. The second kappa shape index (κ2) is 29.2. The van der Waals surface area contributed by atoms with Gasteiger partial charge in [-0.3, -0.25) is 9.59 Å². The normalized spacial score (nSPS) is 17.2. The molecule has 0 spiro atoms. The molecule has 16 heteroatoms. The third kappa shape index (κ3) is 22.8. The molecule has 276 valence electrons. The number of hydrogen-bond donors (Lipinski definition) is 1. The number of amides is 3. The van der Waals surface area contributed by atoms with E-state index < -0.39 is 17.8 Å². The number of nitrogens with one attached hydrogen (secondary N) is 1. The zero-order valence-corrected chi connectivity index (χ0v) is 28.1. The predicted octanol–water partition coefficient (Wildman–Crippen LogP) is 1.73. The maximum Gasteiger partial charge on any atom is 0.407 e. The van der Waals surface area contributed by atoms with Gasteiger partial charge in [-0.15, -0.1) is 5.06 Å². The summed E-state index contributed by atoms with van der Waals surface area (Å²) in [7, 11) is 0. The van der Waals surface area contributed by atoms with E-state index in [0.29, 0.717) is 104 Å². The maximum absolute atomic E-state index is 11.9. The molecule has 1 aliphatic carbocycles. The highest BCUT2D eigenvalue weighted by Crippen LogP contribution is 2.15. The van der Waals surface area contributed by atoms with Crippen LogP contribution in [0.1, 0.15) is 51.4 Å². The van der Waals surface area contributed by atoms with Gasteiger partial charge in [0.05, 0.1) is 112 Å². The van der Waals surface area contributed by atoms with Gasteiger partial charge in [-0.05, 0) is 32.1 Å². The Hall–Kier alpha value is -2.70. The monoisotopic (exact) mass is 690 g/mol. The second-order valence-electron chi connectivity index (χ2n) is 10.6. The van der Waals surface area contributed by atoms with Crippen LogP contribution in [0.2, 0.25) is 0 Å². The Labute approximate surface area is 282 Å². The first-order valence-corrected chi connectivity index (χ1v) is 16.8. The van der Waals surface area contributed by atoms with Crippen LogP contribution in [0.25, 0.3) is 0 Å². The zero-order chi connectivity index (χ0) is 34.3. The van der Waals surface area contributed by atoms with Crippen molar-refractivity contribution in [2.45, 2.75) is 57.5 Å². The summed E-state index contributed by atoms with van der Waals surface area (Å²) in [6.07, 6.45) is 8.76. The lowest BCUT2D eigenvalue weighted by Crippen LogP contribution is -2.32. The fourth-order valence-corrected chi connectivity index (χ4v) is 4.26. The number of nitrogens with zero attached hydrogens (tertiary/aromatic N) is 1. The van der Waals surface area contributed by atoms with Gasteiger partial charge in [0.2, 0.25) is 0 Å². The minimum Gasteiger partial charge on any atom is -0.446 e. The highest BCUT2D eigenvalue weighted by Gasteiger charge is 2.32. The predicted molar refractivity (Wildman–Crippen MR) is 169 cm³/mol. The lowest BCUT2D eigenvalue weighted by Gasteiger charge is -2.18. The number of ether oxygens (including phenoxy) is 9. The van der Waals surface area contributed by atoms with Crippen molar-refractivity contribution in [3.63, 3.8) is 0 Å². The lowest BCUT2D eigenvalue weighted by atomic mass is 10.0. The van der Waals surface area contributed by atoms with Gasteiger partial charge in [-0.1, -0.05) is 12.2 Å². The van der Waals surface area contributed by atoms with Crippen LogP contribution in [-0.2, 0) is 61.9 Å². The molecule has 0 bridgehead atoms. The first-order chi connectivity index (χ1) is 23.6. The number of allylic oxidation sites excluding steroid dienone is 2. The minimum atomic E-state index is -0.701. The molecule has 0 aromatic carbocycles. The number of carbonyl (C=O) groups excluding carboxylic acids is 4. The summed E-state index contributed by atoms with van der Waals surface area (Å²) in [5.74, 6) is -1.72. The van der Waals surface area contributed by atoms with Crippen LogP contribution in [-0.4, -0.2) is 147 Å². The number of hydrogen-bond acceptors (Lipinski definition) is 14. The van der Waals surface area contributed by atoms with Crippen molar-refractivity contribution in [2.24, 2.45) is 0 Å². The van der Waals surface area contributed by atoms with E-state index in [9.17, 15) is 19.2 Å². The molecule has 16 nitrogen and oxygen atoms in total. The largest absolute Gasteiger partial charge is 0.446 e. The van der Waals surface area contributed by atoms with E-state index in [4.69, 9.17) is 47.5 Å². The van der Waals surface area contributed by atoms with Gasteiger partial charge < -0.3 is 52.8 Å². The summed E-state index contributed by atoms with van der Waals surface area (Å²) in [4.78, 5) is 51.1. The highest BCUT2D eigenvalue weighted by atomic mass is 16.7. The van der Waals surface area contributed by atoms with Crippen molar-refractivity contribution in [1.29, 1.82) is 0 Å². The summed E-state index contributed by atoms with van der Waals surface area (Å²) in [6, 6.07) is 0. The van der Waals surface area contributed by atoms with E-state index in [0.717, 1.165) is 32.1 Å². The van der Waals surface area contributed by atoms with Crippen LogP contribution >= 0.6 is 0 Å². The topological polar surface area (TPSA) is 176 Å². The average Bonchev–Trinajstić information content (AvgIpc) is 3.37. The number of carbonyl (C=O) groups is 4. The van der Waals surface area contributed by atoms with Crippen LogP contribution in [0.4, 0.5) is 4.79 Å². The number of rotatable bonds is 29. The van der Waals surface area contributed by atoms with Crippen LogP contribution in [0.15, 0.2) is 12.2 Å². The quantitative estimate of drug-likeness (QED) is 0.0682. The molecule has 2 aliphatic rings. The Bertz CT molecular complexity index is 890. The molecule has 1 aliphatic heterocycles. The fourth-order valence-electron chi connectivity index (χ4n) is 4.26. The summed E-state index contributed by atoms with van der Waals surface area (Å²) < 4.78 is 48.8. The summed E-state index contributed by atoms with van der Waals surface area (Å²) in [5, 5.41) is 3.24. The molecular formula is C32H54N2O14. The molecule has 0 aromatic heterocycles. The Morgan fingerprint density at radius 2 is 1.04 bits per heavy atom. The zero-order valence-electron chi connectivity index (χ0n) is 28.1. The third-order valence-electron chi connectivity index (χ3n) is 6.76. The molecule has 3 amide bonds. The smallest absolute Gasteiger partial charge is 0.407 e. The Morgan fingerprint density at radius 1 is 0.604 bits per heavy atom. The standard InChI is InChI=1S/C32H54N2O14/c35-29-8-9-30(36)34(29)48-31(37)10-12-39-14-16-41-18-20-43-22-24-45-26-27-46-25-23-44-21-19-42-17-15-40-13-11-33-32(38)47-28-6-4-2-1-3-5-7-28/h1-2,28H,3-27H2,(H,33,38)/b2-1-. The van der Waals surface area contributed by atoms with E-state index in [1.807, 2.05) is 0 Å². The molecule has 0 aromatic rings. The fraction of sp³-hybridized carbons (Fsp3) is 0.812. The van der Waals surface area contributed by atoms with Crippen molar-refractivity contribution < 1.29 is 66.6 Å². The van der Waals surface area contributed by atoms with Gasteiger partial charge in [0.15, 0.2) is 0 Å². The van der Waals surface area contributed by atoms with Crippen molar-refractivity contribution >= 4 is 23.9 Å². The van der Waals surface area contributed by atoms with Crippen LogP contribution in [0.3, 0.4) is 0 Å². The third-order valence-corrected chi connectivity index (χ3v) is 6.76.